The van der Waals surface area contributed by atoms with Crippen molar-refractivity contribution in [3.05, 3.63) is 23.9 Å². The van der Waals surface area contributed by atoms with E-state index >= 15 is 0 Å². The highest BCUT2D eigenvalue weighted by Gasteiger charge is 2.20. The number of hydrogen-bond donors (Lipinski definition) is 2. The number of carboxylic acids is 1. The summed E-state index contributed by atoms with van der Waals surface area (Å²) in [7, 11) is 1.37. The van der Waals surface area contributed by atoms with E-state index in [1.165, 1.54) is 25.4 Å². The van der Waals surface area contributed by atoms with Crippen molar-refractivity contribution in [2.24, 2.45) is 0 Å². The van der Waals surface area contributed by atoms with Crippen LogP contribution in [0.3, 0.4) is 0 Å². The Morgan fingerprint density at radius 3 is 2.76 bits per heavy atom. The first-order valence-electron chi connectivity index (χ1n) is 6.63. The Morgan fingerprint density at radius 2 is 2.19 bits per heavy atom. The predicted molar refractivity (Wildman–Crippen MR) is 75.4 cm³/mol. The second kappa shape index (κ2) is 8.21. The third kappa shape index (κ3) is 5.39. The number of aromatic nitrogens is 1. The van der Waals surface area contributed by atoms with E-state index in [1.807, 2.05) is 13.8 Å². The molecule has 0 saturated heterocycles. The minimum Gasteiger partial charge on any atom is -0.480 e. The zero-order valence-electron chi connectivity index (χ0n) is 12.3. The number of carbonyl (C=O) groups excluding carboxylic acids is 1. The Kier molecular flexibility index (Phi) is 6.61. The Bertz CT molecular complexity index is 492. The molecule has 21 heavy (non-hydrogen) atoms. The number of carboxylic acid groups (broad SMARTS) is 1. The fourth-order valence-corrected chi connectivity index (χ4v) is 1.49. The van der Waals surface area contributed by atoms with Gasteiger partial charge in [-0.2, -0.15) is 0 Å². The molecule has 116 valence electrons. The molecule has 1 aromatic heterocycles. The van der Waals surface area contributed by atoms with E-state index in [4.69, 9.17) is 14.6 Å². The smallest absolute Gasteiger partial charge is 0.328 e. The van der Waals surface area contributed by atoms with Gasteiger partial charge in [-0.1, -0.05) is 6.92 Å². The molecule has 0 bridgehead atoms. The summed E-state index contributed by atoms with van der Waals surface area (Å²) in [6, 6.07) is 1.87. The Morgan fingerprint density at radius 1 is 1.48 bits per heavy atom. The van der Waals surface area contributed by atoms with Gasteiger partial charge >= 0.3 is 5.97 Å². The normalized spacial score (nSPS) is 13.3. The van der Waals surface area contributed by atoms with Gasteiger partial charge in [-0.15, -0.1) is 0 Å². The number of rotatable bonds is 8. The number of carbonyl (C=O) groups is 2. The van der Waals surface area contributed by atoms with Crippen molar-refractivity contribution < 1.29 is 24.2 Å². The highest BCUT2D eigenvalue weighted by atomic mass is 16.5. The summed E-state index contributed by atoms with van der Waals surface area (Å²) in [5.41, 5.74) is 0.283. The SMILES string of the molecule is CCC(C)Oc1cc(C(=O)NC(COC)C(=O)O)ccn1. The van der Waals surface area contributed by atoms with Gasteiger partial charge in [-0.05, 0) is 19.4 Å². The zero-order valence-corrected chi connectivity index (χ0v) is 12.3. The average Bonchev–Trinajstić information content (AvgIpc) is 2.46. The quantitative estimate of drug-likeness (QED) is 0.745. The van der Waals surface area contributed by atoms with Crippen LogP contribution in [0.4, 0.5) is 0 Å². The first-order chi connectivity index (χ1) is 9.97. The molecule has 1 rings (SSSR count). The molecule has 0 aromatic carbocycles. The van der Waals surface area contributed by atoms with E-state index < -0.39 is 17.9 Å². The van der Waals surface area contributed by atoms with Gasteiger partial charge in [0.2, 0.25) is 5.88 Å². The van der Waals surface area contributed by atoms with Crippen LogP contribution in [0, 0.1) is 0 Å². The van der Waals surface area contributed by atoms with Gasteiger partial charge in [0.15, 0.2) is 6.04 Å². The molecule has 0 radical (unpaired) electrons. The van der Waals surface area contributed by atoms with Crippen molar-refractivity contribution in [1.29, 1.82) is 0 Å². The van der Waals surface area contributed by atoms with Crippen molar-refractivity contribution in [1.82, 2.24) is 10.3 Å². The summed E-state index contributed by atoms with van der Waals surface area (Å²) in [4.78, 5) is 27.0. The minimum atomic E-state index is -1.16. The van der Waals surface area contributed by atoms with Gasteiger partial charge in [0.1, 0.15) is 0 Å². The molecule has 2 N–H and O–H groups in total. The van der Waals surface area contributed by atoms with Gasteiger partial charge in [-0.25, -0.2) is 9.78 Å². The van der Waals surface area contributed by atoms with Gasteiger partial charge in [0.05, 0.1) is 12.7 Å². The van der Waals surface area contributed by atoms with Gasteiger partial charge < -0.3 is 19.9 Å². The lowest BCUT2D eigenvalue weighted by molar-refractivity contribution is -0.140. The molecule has 0 fully saturated rings. The van der Waals surface area contributed by atoms with Crippen LogP contribution >= 0.6 is 0 Å². The van der Waals surface area contributed by atoms with Crippen LogP contribution in [0.5, 0.6) is 5.88 Å². The molecule has 2 atom stereocenters. The first-order valence-corrected chi connectivity index (χ1v) is 6.63. The third-order valence-corrected chi connectivity index (χ3v) is 2.83. The fraction of sp³-hybridized carbons (Fsp3) is 0.500. The second-order valence-corrected chi connectivity index (χ2v) is 4.54. The van der Waals surface area contributed by atoms with Gasteiger partial charge in [-0.3, -0.25) is 4.79 Å². The Hall–Kier alpha value is -2.15. The lowest BCUT2D eigenvalue weighted by atomic mass is 10.2. The number of pyridine rings is 1. The number of aliphatic carboxylic acids is 1. The summed E-state index contributed by atoms with van der Waals surface area (Å²) in [5.74, 6) is -1.35. The number of hydrogen-bond acceptors (Lipinski definition) is 5. The molecule has 0 aliphatic heterocycles. The van der Waals surface area contributed by atoms with Crippen molar-refractivity contribution in [2.75, 3.05) is 13.7 Å². The molecule has 2 unspecified atom stereocenters. The van der Waals surface area contributed by atoms with Crippen LogP contribution in [0.25, 0.3) is 0 Å². The molecule has 7 nitrogen and oxygen atoms in total. The molecule has 0 aliphatic carbocycles. The van der Waals surface area contributed by atoms with Crippen molar-refractivity contribution >= 4 is 11.9 Å². The van der Waals surface area contributed by atoms with Crippen molar-refractivity contribution in [2.45, 2.75) is 32.4 Å². The molecule has 0 spiro atoms. The zero-order chi connectivity index (χ0) is 15.8. The monoisotopic (exact) mass is 296 g/mol. The molecular weight excluding hydrogens is 276 g/mol. The molecule has 1 heterocycles. The van der Waals surface area contributed by atoms with E-state index in [9.17, 15) is 9.59 Å². The summed E-state index contributed by atoms with van der Waals surface area (Å²) in [5, 5.41) is 11.4. The summed E-state index contributed by atoms with van der Waals surface area (Å²) in [6.07, 6.45) is 2.24. The maximum absolute atomic E-state index is 12.0. The Labute approximate surface area is 123 Å². The van der Waals surface area contributed by atoms with E-state index in [0.717, 1.165) is 6.42 Å². The summed E-state index contributed by atoms with van der Waals surface area (Å²) < 4.78 is 10.3. The average molecular weight is 296 g/mol. The van der Waals surface area contributed by atoms with Crippen LogP contribution in [0.2, 0.25) is 0 Å². The largest absolute Gasteiger partial charge is 0.480 e. The number of ether oxygens (including phenoxy) is 2. The highest BCUT2D eigenvalue weighted by Crippen LogP contribution is 2.12. The molecule has 0 aliphatic rings. The number of methoxy groups -OCH3 is 1. The molecule has 1 amide bonds. The fourth-order valence-electron chi connectivity index (χ4n) is 1.49. The first kappa shape index (κ1) is 16.9. The molecule has 7 heteroatoms. The van der Waals surface area contributed by atoms with Crippen LogP contribution < -0.4 is 10.1 Å². The number of nitrogens with zero attached hydrogens (tertiary/aromatic N) is 1. The number of nitrogens with one attached hydrogen (secondary N) is 1. The number of amides is 1. The summed E-state index contributed by atoms with van der Waals surface area (Å²) >= 11 is 0. The Balaban J connectivity index is 2.77. The van der Waals surface area contributed by atoms with E-state index in [0.29, 0.717) is 5.88 Å². The van der Waals surface area contributed by atoms with Gasteiger partial charge in [0, 0.05) is 24.9 Å². The van der Waals surface area contributed by atoms with Crippen LogP contribution in [0.1, 0.15) is 30.6 Å². The van der Waals surface area contributed by atoms with Crippen LogP contribution in [-0.4, -0.2) is 47.8 Å². The highest BCUT2D eigenvalue weighted by molar-refractivity contribution is 5.96. The van der Waals surface area contributed by atoms with Crippen molar-refractivity contribution in [3.63, 3.8) is 0 Å². The van der Waals surface area contributed by atoms with Gasteiger partial charge in [0.25, 0.3) is 5.91 Å². The molecule has 0 saturated carbocycles. The van der Waals surface area contributed by atoms with E-state index in [1.54, 1.807) is 0 Å². The maximum atomic E-state index is 12.0. The van der Waals surface area contributed by atoms with Crippen LogP contribution in [0.15, 0.2) is 18.3 Å². The summed E-state index contributed by atoms with van der Waals surface area (Å²) in [6.45, 7) is 3.76. The lowest BCUT2D eigenvalue weighted by Gasteiger charge is -2.14. The van der Waals surface area contributed by atoms with Crippen molar-refractivity contribution in [3.8, 4) is 5.88 Å². The third-order valence-electron chi connectivity index (χ3n) is 2.83. The van der Waals surface area contributed by atoms with E-state index in [-0.39, 0.29) is 18.3 Å². The molecule has 1 aromatic rings. The topological polar surface area (TPSA) is 97.8 Å². The van der Waals surface area contributed by atoms with E-state index in [2.05, 4.69) is 10.3 Å². The standard InChI is InChI=1S/C14H20N2O5/c1-4-9(2)21-12-7-10(5-6-15-12)13(17)16-11(8-20-3)14(18)19/h5-7,9,11H,4,8H2,1-3H3,(H,16,17)(H,18,19). The predicted octanol–water partition coefficient (Wildman–Crippen LogP) is 1.09. The van der Waals surface area contributed by atoms with Crippen LogP contribution in [-0.2, 0) is 9.53 Å². The maximum Gasteiger partial charge on any atom is 0.328 e. The lowest BCUT2D eigenvalue weighted by Crippen LogP contribution is -2.43. The minimum absolute atomic E-state index is 0.0175. The molecular formula is C14H20N2O5. The second-order valence-electron chi connectivity index (χ2n) is 4.54.